The van der Waals surface area contributed by atoms with Crippen molar-refractivity contribution in [2.24, 2.45) is 0 Å². The standard InChI is InChI=1S/C52H32N2S/c1-3-14-35(15-4-1)53(38-28-29-41-40-18-7-8-22-46(40)54(47(41)32-38)36-16-5-2-6-17-36)37-26-24-33(25-27-37)39-30-31-45-43-20-10-13-34-12-9-19-42(49(34)43)44-21-11-23-48-50(44)51(45)52(39)55-48/h1-32H. The average molecular weight is 717 g/mol. The molecule has 3 heteroatoms. The van der Waals surface area contributed by atoms with E-state index in [1.165, 1.54) is 86.1 Å². The van der Waals surface area contributed by atoms with Gasteiger partial charge in [0.2, 0.25) is 0 Å². The second kappa shape index (κ2) is 11.8. The van der Waals surface area contributed by atoms with Gasteiger partial charge in [-0.3, -0.25) is 0 Å². The van der Waals surface area contributed by atoms with Crippen LogP contribution < -0.4 is 4.90 Å². The van der Waals surface area contributed by atoms with Gasteiger partial charge in [-0.15, -0.1) is 11.3 Å². The molecule has 0 fully saturated rings. The molecule has 2 aromatic heterocycles. The summed E-state index contributed by atoms with van der Waals surface area (Å²) in [4.78, 5) is 2.38. The van der Waals surface area contributed by atoms with E-state index in [2.05, 4.69) is 204 Å². The molecule has 2 heterocycles. The molecule has 9 aromatic carbocycles. The van der Waals surface area contributed by atoms with Gasteiger partial charge in [-0.25, -0.2) is 0 Å². The summed E-state index contributed by atoms with van der Waals surface area (Å²) in [6, 6.07) is 71.2. The molecule has 0 saturated heterocycles. The van der Waals surface area contributed by atoms with E-state index in [0.29, 0.717) is 0 Å². The minimum absolute atomic E-state index is 1.11. The maximum Gasteiger partial charge on any atom is 0.0561 e. The van der Waals surface area contributed by atoms with E-state index >= 15 is 0 Å². The number of para-hydroxylation sites is 3. The second-order valence-electron chi connectivity index (χ2n) is 14.5. The van der Waals surface area contributed by atoms with Crippen molar-refractivity contribution in [1.29, 1.82) is 0 Å². The lowest BCUT2D eigenvalue weighted by Gasteiger charge is -2.26. The molecule has 0 bridgehead atoms. The molecular weight excluding hydrogens is 685 g/mol. The van der Waals surface area contributed by atoms with E-state index in [4.69, 9.17) is 0 Å². The topological polar surface area (TPSA) is 8.17 Å². The SMILES string of the molecule is c1ccc(N(c2ccc(-c3ccc4c5c3sc3cccc(c35)-c3cccc5cccc-4c35)cc2)c2ccc3c4ccccc4n(-c4ccccc4)c3c2)cc1. The zero-order valence-corrected chi connectivity index (χ0v) is 30.6. The van der Waals surface area contributed by atoms with Crippen molar-refractivity contribution in [2.75, 3.05) is 4.90 Å². The normalized spacial score (nSPS) is 12.0. The maximum atomic E-state index is 2.39. The quantitative estimate of drug-likeness (QED) is 0.172. The maximum absolute atomic E-state index is 2.39. The predicted molar refractivity (Wildman–Crippen MR) is 236 cm³/mol. The first-order chi connectivity index (χ1) is 27.3. The lowest BCUT2D eigenvalue weighted by molar-refractivity contribution is 1.18. The van der Waals surface area contributed by atoms with Crippen molar-refractivity contribution in [3.63, 3.8) is 0 Å². The fourth-order valence-corrected chi connectivity index (χ4v) is 10.4. The third-order valence-electron chi connectivity index (χ3n) is 11.5. The number of thiophene rings is 1. The van der Waals surface area contributed by atoms with Crippen LogP contribution in [0.4, 0.5) is 17.1 Å². The van der Waals surface area contributed by atoms with Crippen LogP contribution in [-0.2, 0) is 0 Å². The van der Waals surface area contributed by atoms with Gasteiger partial charge in [0, 0.05) is 53.7 Å². The van der Waals surface area contributed by atoms with Crippen LogP contribution in [0.3, 0.4) is 0 Å². The summed E-state index contributed by atoms with van der Waals surface area (Å²) in [6.07, 6.45) is 0. The Balaban J connectivity index is 1.03. The monoisotopic (exact) mass is 716 g/mol. The van der Waals surface area contributed by atoms with Crippen LogP contribution in [0.5, 0.6) is 0 Å². The highest BCUT2D eigenvalue weighted by atomic mass is 32.1. The smallest absolute Gasteiger partial charge is 0.0561 e. The zero-order valence-electron chi connectivity index (χ0n) is 29.8. The van der Waals surface area contributed by atoms with Gasteiger partial charge in [-0.1, -0.05) is 133 Å². The fourth-order valence-electron chi connectivity index (χ4n) is 9.15. The third kappa shape index (κ3) is 4.48. The molecule has 0 radical (unpaired) electrons. The average Bonchev–Trinajstić information content (AvgIpc) is 3.77. The number of nitrogens with zero attached hydrogens (tertiary/aromatic N) is 2. The summed E-state index contributed by atoms with van der Waals surface area (Å²) in [5.74, 6) is 0. The highest BCUT2D eigenvalue weighted by molar-refractivity contribution is 7.26. The summed E-state index contributed by atoms with van der Waals surface area (Å²) in [7, 11) is 0. The molecule has 1 aliphatic carbocycles. The molecule has 2 nitrogen and oxygen atoms in total. The molecule has 256 valence electrons. The van der Waals surface area contributed by atoms with E-state index < -0.39 is 0 Å². The molecule has 0 N–H and O–H groups in total. The van der Waals surface area contributed by atoms with Crippen LogP contribution in [0, 0.1) is 0 Å². The van der Waals surface area contributed by atoms with Gasteiger partial charge in [0.15, 0.2) is 0 Å². The zero-order chi connectivity index (χ0) is 36.0. The molecule has 0 unspecified atom stereocenters. The minimum Gasteiger partial charge on any atom is -0.310 e. The summed E-state index contributed by atoms with van der Waals surface area (Å²) in [6.45, 7) is 0. The number of hydrogen-bond acceptors (Lipinski definition) is 2. The first-order valence-corrected chi connectivity index (χ1v) is 19.7. The Hall–Kier alpha value is -6.94. The number of anilines is 3. The van der Waals surface area contributed by atoms with Crippen LogP contribution in [0.1, 0.15) is 0 Å². The summed E-state index contributed by atoms with van der Waals surface area (Å²) < 4.78 is 5.07. The molecule has 12 rings (SSSR count). The number of aromatic nitrogens is 1. The molecule has 0 atom stereocenters. The first-order valence-electron chi connectivity index (χ1n) is 18.9. The molecule has 11 aromatic rings. The summed E-state index contributed by atoms with van der Waals surface area (Å²) in [5.41, 5.74) is 14.7. The Morgan fingerprint density at radius 2 is 0.982 bits per heavy atom. The third-order valence-corrected chi connectivity index (χ3v) is 12.7. The van der Waals surface area contributed by atoms with Crippen molar-refractivity contribution in [1.82, 2.24) is 4.57 Å². The highest BCUT2D eigenvalue weighted by Crippen LogP contribution is 2.52. The van der Waals surface area contributed by atoms with E-state index in [1.807, 2.05) is 11.3 Å². The Morgan fingerprint density at radius 1 is 0.382 bits per heavy atom. The van der Waals surface area contributed by atoms with Crippen molar-refractivity contribution in [3.05, 3.63) is 194 Å². The van der Waals surface area contributed by atoms with E-state index in [1.54, 1.807) is 0 Å². The molecule has 1 aliphatic rings. The van der Waals surface area contributed by atoms with Crippen molar-refractivity contribution in [3.8, 4) is 39.1 Å². The molecule has 0 saturated carbocycles. The summed E-state index contributed by atoms with van der Waals surface area (Å²) in [5, 5.41) is 7.88. The van der Waals surface area contributed by atoms with Crippen LogP contribution in [0.25, 0.3) is 91.8 Å². The Morgan fingerprint density at radius 3 is 1.76 bits per heavy atom. The Kier molecular flexibility index (Phi) is 6.54. The van der Waals surface area contributed by atoms with Gasteiger partial charge in [0.1, 0.15) is 0 Å². The fraction of sp³-hybridized carbons (Fsp3) is 0. The number of hydrogen-bond donors (Lipinski definition) is 0. The van der Waals surface area contributed by atoms with Crippen LogP contribution in [-0.4, -0.2) is 4.57 Å². The second-order valence-corrected chi connectivity index (χ2v) is 15.5. The van der Waals surface area contributed by atoms with Gasteiger partial charge in [0.05, 0.1) is 11.0 Å². The van der Waals surface area contributed by atoms with Crippen molar-refractivity contribution >= 4 is 81.1 Å². The number of rotatable bonds is 5. The predicted octanol–water partition coefficient (Wildman–Crippen LogP) is 15.1. The number of benzene rings is 9. The van der Waals surface area contributed by atoms with Crippen LogP contribution >= 0.6 is 11.3 Å². The largest absolute Gasteiger partial charge is 0.310 e. The summed E-state index contributed by atoms with van der Waals surface area (Å²) >= 11 is 1.92. The Bertz CT molecular complexity index is 3300. The molecule has 0 amide bonds. The van der Waals surface area contributed by atoms with Crippen LogP contribution in [0.15, 0.2) is 194 Å². The Labute approximate surface area is 322 Å². The van der Waals surface area contributed by atoms with Crippen LogP contribution in [0.2, 0.25) is 0 Å². The van der Waals surface area contributed by atoms with Crippen molar-refractivity contribution < 1.29 is 0 Å². The van der Waals surface area contributed by atoms with Gasteiger partial charge in [0.25, 0.3) is 0 Å². The van der Waals surface area contributed by atoms with Gasteiger partial charge in [-0.2, -0.15) is 0 Å². The van der Waals surface area contributed by atoms with E-state index in [-0.39, 0.29) is 0 Å². The number of fused-ring (bicyclic) bond motifs is 5. The molecule has 55 heavy (non-hydrogen) atoms. The van der Waals surface area contributed by atoms with Gasteiger partial charge in [-0.05, 0) is 105 Å². The molecule has 0 aliphatic heterocycles. The van der Waals surface area contributed by atoms with E-state index in [0.717, 1.165) is 22.7 Å². The molecular formula is C52H32N2S. The highest BCUT2D eigenvalue weighted by Gasteiger charge is 2.24. The van der Waals surface area contributed by atoms with Gasteiger partial charge < -0.3 is 9.47 Å². The molecule has 0 spiro atoms. The van der Waals surface area contributed by atoms with Gasteiger partial charge >= 0.3 is 0 Å². The lowest BCUT2D eigenvalue weighted by atomic mass is 9.93. The minimum atomic E-state index is 1.11. The van der Waals surface area contributed by atoms with E-state index in [9.17, 15) is 0 Å². The first kappa shape index (κ1) is 30.5. The lowest BCUT2D eigenvalue weighted by Crippen LogP contribution is -2.10. The van der Waals surface area contributed by atoms with Crippen molar-refractivity contribution in [2.45, 2.75) is 0 Å².